The third-order valence-corrected chi connectivity index (χ3v) is 4.75. The van der Waals surface area contributed by atoms with Gasteiger partial charge in [-0.3, -0.25) is 4.79 Å². The zero-order chi connectivity index (χ0) is 20.8. The topological polar surface area (TPSA) is 57.3 Å². The van der Waals surface area contributed by atoms with Gasteiger partial charge in [0.25, 0.3) is 0 Å². The number of allylic oxidation sites excluding steroid dienone is 1. The van der Waals surface area contributed by atoms with E-state index in [2.05, 4.69) is 24.0 Å². The lowest BCUT2D eigenvalue weighted by Gasteiger charge is -2.04. The molecule has 4 rings (SSSR count). The van der Waals surface area contributed by atoms with Crippen LogP contribution < -0.4 is 4.74 Å². The smallest absolute Gasteiger partial charge is 0.185 e. The Bertz CT molecular complexity index is 1120. The van der Waals surface area contributed by atoms with Gasteiger partial charge in [-0.15, -0.1) is 0 Å². The SMILES string of the molecule is CCc1ccc(OCc2ccc(/C=C/C(=O)c3ccc(-n4ccnc4)cc3)o2)cc1. The summed E-state index contributed by atoms with van der Waals surface area (Å²) in [6, 6.07) is 19.1. The zero-order valence-corrected chi connectivity index (χ0v) is 16.7. The van der Waals surface area contributed by atoms with E-state index in [0.29, 0.717) is 23.7 Å². The van der Waals surface area contributed by atoms with Crippen LogP contribution in [0.25, 0.3) is 11.8 Å². The first-order chi connectivity index (χ1) is 14.7. The molecule has 2 aromatic carbocycles. The summed E-state index contributed by atoms with van der Waals surface area (Å²) < 4.78 is 13.4. The molecular weight excluding hydrogens is 376 g/mol. The van der Waals surface area contributed by atoms with Crippen molar-refractivity contribution in [2.24, 2.45) is 0 Å². The highest BCUT2D eigenvalue weighted by Gasteiger charge is 2.05. The van der Waals surface area contributed by atoms with Crippen LogP contribution in [0.4, 0.5) is 0 Å². The Balaban J connectivity index is 1.33. The Labute approximate surface area is 175 Å². The van der Waals surface area contributed by atoms with Crippen LogP contribution in [-0.2, 0) is 13.0 Å². The molecule has 0 aliphatic heterocycles. The van der Waals surface area contributed by atoms with Crippen LogP contribution in [0.1, 0.15) is 34.4 Å². The van der Waals surface area contributed by atoms with E-state index in [4.69, 9.17) is 9.15 Å². The van der Waals surface area contributed by atoms with Crippen molar-refractivity contribution in [1.82, 2.24) is 9.55 Å². The first-order valence-electron chi connectivity index (χ1n) is 9.82. The highest BCUT2D eigenvalue weighted by molar-refractivity contribution is 6.06. The second-order valence-electron chi connectivity index (χ2n) is 6.80. The van der Waals surface area contributed by atoms with Gasteiger partial charge in [0.2, 0.25) is 0 Å². The number of carbonyl (C=O) groups is 1. The fraction of sp³-hybridized carbons (Fsp3) is 0.120. The number of hydrogen-bond acceptors (Lipinski definition) is 4. The predicted molar refractivity (Wildman–Crippen MR) is 116 cm³/mol. The van der Waals surface area contributed by atoms with Gasteiger partial charge in [-0.2, -0.15) is 0 Å². The fourth-order valence-corrected chi connectivity index (χ4v) is 3.00. The maximum atomic E-state index is 12.4. The van der Waals surface area contributed by atoms with E-state index in [-0.39, 0.29) is 5.78 Å². The molecule has 0 unspecified atom stereocenters. The summed E-state index contributed by atoms with van der Waals surface area (Å²) in [6.07, 6.45) is 9.48. The van der Waals surface area contributed by atoms with Gasteiger partial charge in [0, 0.05) is 23.6 Å². The molecule has 0 saturated carbocycles. The van der Waals surface area contributed by atoms with Gasteiger partial charge in [-0.05, 0) is 72.7 Å². The van der Waals surface area contributed by atoms with Gasteiger partial charge in [0.15, 0.2) is 5.78 Å². The molecule has 5 nitrogen and oxygen atoms in total. The van der Waals surface area contributed by atoms with Crippen LogP contribution in [0, 0.1) is 0 Å². The van der Waals surface area contributed by atoms with Gasteiger partial charge in [-0.1, -0.05) is 19.1 Å². The van der Waals surface area contributed by atoms with E-state index < -0.39 is 0 Å². The number of aromatic nitrogens is 2. The summed E-state index contributed by atoms with van der Waals surface area (Å²) in [5, 5.41) is 0. The number of furan rings is 1. The summed E-state index contributed by atoms with van der Waals surface area (Å²) in [5.74, 6) is 2.03. The Morgan fingerprint density at radius 1 is 1.07 bits per heavy atom. The number of carbonyl (C=O) groups excluding carboxylic acids is 1. The molecule has 0 aliphatic carbocycles. The standard InChI is InChI=1S/C25H22N2O3/c1-2-19-3-9-22(10-4-19)29-17-24-12-11-23(30-24)13-14-25(28)20-5-7-21(8-6-20)27-16-15-26-18-27/h3-16,18H,2,17H2,1H3/b14-13+. The number of aryl methyl sites for hydroxylation is 1. The number of rotatable bonds is 8. The second kappa shape index (κ2) is 9.09. The lowest BCUT2D eigenvalue weighted by Crippen LogP contribution is -1.96. The maximum absolute atomic E-state index is 12.4. The van der Waals surface area contributed by atoms with Crippen LogP contribution >= 0.6 is 0 Å². The average Bonchev–Trinajstić information content (AvgIpc) is 3.49. The number of imidazole rings is 1. The number of ketones is 1. The highest BCUT2D eigenvalue weighted by Crippen LogP contribution is 2.17. The van der Waals surface area contributed by atoms with Crippen molar-refractivity contribution in [3.63, 3.8) is 0 Å². The molecule has 2 heterocycles. The summed E-state index contributed by atoms with van der Waals surface area (Å²) in [5.41, 5.74) is 2.84. The van der Waals surface area contributed by atoms with Gasteiger partial charge >= 0.3 is 0 Å². The molecule has 0 atom stereocenters. The monoisotopic (exact) mass is 398 g/mol. The minimum atomic E-state index is -0.0857. The highest BCUT2D eigenvalue weighted by atomic mass is 16.5. The Morgan fingerprint density at radius 2 is 1.87 bits per heavy atom. The minimum Gasteiger partial charge on any atom is -0.486 e. The lowest BCUT2D eigenvalue weighted by molar-refractivity contribution is 0.104. The van der Waals surface area contributed by atoms with Gasteiger partial charge in [-0.25, -0.2) is 4.98 Å². The largest absolute Gasteiger partial charge is 0.486 e. The van der Waals surface area contributed by atoms with Crippen molar-refractivity contribution in [3.05, 3.63) is 108 Å². The van der Waals surface area contributed by atoms with Gasteiger partial charge in [0.05, 0.1) is 6.33 Å². The molecule has 0 N–H and O–H groups in total. The summed E-state index contributed by atoms with van der Waals surface area (Å²) in [7, 11) is 0. The normalized spacial score (nSPS) is 11.1. The summed E-state index contributed by atoms with van der Waals surface area (Å²) >= 11 is 0. The van der Waals surface area contributed by atoms with Crippen molar-refractivity contribution in [3.8, 4) is 11.4 Å². The number of ether oxygens (including phenoxy) is 1. The molecule has 30 heavy (non-hydrogen) atoms. The summed E-state index contributed by atoms with van der Waals surface area (Å²) in [4.78, 5) is 16.4. The molecule has 0 bridgehead atoms. The molecule has 4 aromatic rings. The van der Waals surface area contributed by atoms with Crippen molar-refractivity contribution in [2.75, 3.05) is 0 Å². The van der Waals surface area contributed by atoms with Gasteiger partial charge in [0.1, 0.15) is 23.9 Å². The quantitative estimate of drug-likeness (QED) is 0.290. The molecule has 0 amide bonds. The van der Waals surface area contributed by atoms with Crippen LogP contribution in [0.5, 0.6) is 5.75 Å². The predicted octanol–water partition coefficient (Wildman–Crippen LogP) is 5.50. The van der Waals surface area contributed by atoms with Crippen LogP contribution in [0.15, 0.2) is 89.9 Å². The van der Waals surface area contributed by atoms with Crippen molar-refractivity contribution < 1.29 is 13.9 Å². The van der Waals surface area contributed by atoms with E-state index >= 15 is 0 Å². The Hall–Kier alpha value is -3.86. The molecule has 0 fully saturated rings. The number of benzene rings is 2. The van der Waals surface area contributed by atoms with Crippen LogP contribution in [0.2, 0.25) is 0 Å². The molecule has 0 saturated heterocycles. The van der Waals surface area contributed by atoms with Crippen LogP contribution in [0.3, 0.4) is 0 Å². The van der Waals surface area contributed by atoms with E-state index in [9.17, 15) is 4.79 Å². The molecule has 2 aromatic heterocycles. The van der Waals surface area contributed by atoms with E-state index in [0.717, 1.165) is 17.9 Å². The molecule has 5 heteroatoms. The molecular formula is C25H22N2O3. The fourth-order valence-electron chi connectivity index (χ4n) is 3.00. The van der Waals surface area contributed by atoms with Crippen molar-refractivity contribution in [2.45, 2.75) is 20.0 Å². The van der Waals surface area contributed by atoms with E-state index in [1.165, 1.54) is 11.6 Å². The van der Waals surface area contributed by atoms with E-state index in [1.807, 2.05) is 47.2 Å². The van der Waals surface area contributed by atoms with Gasteiger partial charge < -0.3 is 13.7 Å². The maximum Gasteiger partial charge on any atom is 0.185 e. The molecule has 150 valence electrons. The third-order valence-electron chi connectivity index (χ3n) is 4.75. The molecule has 0 aliphatic rings. The Morgan fingerprint density at radius 3 is 2.57 bits per heavy atom. The van der Waals surface area contributed by atoms with E-state index in [1.54, 1.807) is 30.7 Å². The second-order valence-corrected chi connectivity index (χ2v) is 6.80. The lowest BCUT2D eigenvalue weighted by atomic mass is 10.1. The van der Waals surface area contributed by atoms with Crippen molar-refractivity contribution in [1.29, 1.82) is 0 Å². The average molecular weight is 398 g/mol. The summed E-state index contributed by atoms with van der Waals surface area (Å²) in [6.45, 7) is 2.46. The van der Waals surface area contributed by atoms with Crippen LogP contribution in [-0.4, -0.2) is 15.3 Å². The molecule has 0 spiro atoms. The van der Waals surface area contributed by atoms with Crippen molar-refractivity contribution >= 4 is 11.9 Å². The minimum absolute atomic E-state index is 0.0857. The first-order valence-corrected chi connectivity index (χ1v) is 9.82. The first kappa shape index (κ1) is 19.5. The third kappa shape index (κ3) is 4.75. The number of hydrogen-bond donors (Lipinski definition) is 0. The number of nitrogens with zero attached hydrogens (tertiary/aromatic N) is 2. The zero-order valence-electron chi connectivity index (χ0n) is 16.7. The Kier molecular flexibility index (Phi) is 5.90. The molecule has 0 radical (unpaired) electrons.